The first-order chi connectivity index (χ1) is 7.18. The lowest BCUT2D eigenvalue weighted by Crippen LogP contribution is -2.41. The third kappa shape index (κ3) is 2.61. The summed E-state index contributed by atoms with van der Waals surface area (Å²) >= 11 is 0.931. The highest BCUT2D eigenvalue weighted by atomic mass is 32.2. The van der Waals surface area contributed by atoms with Gasteiger partial charge in [0, 0.05) is 18.1 Å². The Balaban J connectivity index is 2.05. The fourth-order valence-corrected chi connectivity index (χ4v) is 3.45. The molecule has 1 saturated heterocycles. The summed E-state index contributed by atoms with van der Waals surface area (Å²) < 4.78 is 29.5. The molecule has 7 nitrogen and oxygen atoms in total. The van der Waals surface area contributed by atoms with Gasteiger partial charge in [-0.05, 0) is 24.6 Å². The first-order valence-corrected chi connectivity index (χ1v) is 6.88. The van der Waals surface area contributed by atoms with Crippen molar-refractivity contribution in [1.82, 2.24) is 20.1 Å². The topological polar surface area (TPSA) is 96.9 Å². The number of nitrogens with zero attached hydrogens (tertiary/aromatic N) is 3. The van der Waals surface area contributed by atoms with Crippen molar-refractivity contribution in [3.63, 3.8) is 0 Å². The normalized spacial score (nSPS) is 22.5. The SMILES string of the molecule is O=S(=O)(Nc1nnns1)C1CCCNC1. The van der Waals surface area contributed by atoms with Gasteiger partial charge < -0.3 is 5.32 Å². The van der Waals surface area contributed by atoms with Crippen LogP contribution >= 0.6 is 11.5 Å². The van der Waals surface area contributed by atoms with Gasteiger partial charge in [0.25, 0.3) is 0 Å². The van der Waals surface area contributed by atoms with Gasteiger partial charge in [-0.15, -0.1) is 0 Å². The van der Waals surface area contributed by atoms with Gasteiger partial charge in [-0.1, -0.05) is 9.59 Å². The molecule has 1 aromatic heterocycles. The monoisotopic (exact) mass is 249 g/mol. The molecule has 0 bridgehead atoms. The molecule has 0 aliphatic carbocycles. The van der Waals surface area contributed by atoms with E-state index in [-0.39, 0.29) is 5.13 Å². The number of hydrogen-bond acceptors (Lipinski definition) is 7. The second-order valence-corrected chi connectivity index (χ2v) is 5.98. The zero-order valence-corrected chi connectivity index (χ0v) is 9.51. The van der Waals surface area contributed by atoms with Crippen LogP contribution in [0.15, 0.2) is 0 Å². The van der Waals surface area contributed by atoms with E-state index in [1.165, 1.54) is 0 Å². The molecular formula is C6H11N5O2S2. The minimum atomic E-state index is -3.35. The zero-order chi connectivity index (χ0) is 10.7. The summed E-state index contributed by atoms with van der Waals surface area (Å²) in [5.41, 5.74) is 0. The van der Waals surface area contributed by atoms with Crippen molar-refractivity contribution in [3.8, 4) is 0 Å². The van der Waals surface area contributed by atoms with Crippen LogP contribution in [0.4, 0.5) is 5.13 Å². The summed E-state index contributed by atoms with van der Waals surface area (Å²) in [4.78, 5) is 0. The van der Waals surface area contributed by atoms with E-state index in [9.17, 15) is 8.42 Å². The molecule has 1 aliphatic heterocycles. The second kappa shape index (κ2) is 4.37. The van der Waals surface area contributed by atoms with E-state index in [1.807, 2.05) is 0 Å². The summed E-state index contributed by atoms with van der Waals surface area (Å²) in [6.45, 7) is 1.37. The summed E-state index contributed by atoms with van der Waals surface area (Å²) in [6.07, 6.45) is 1.55. The van der Waals surface area contributed by atoms with Crippen LogP contribution in [-0.4, -0.2) is 41.6 Å². The minimum Gasteiger partial charge on any atom is -0.315 e. The largest absolute Gasteiger partial charge is 0.315 e. The molecule has 1 atom stereocenters. The first-order valence-electron chi connectivity index (χ1n) is 4.56. The third-order valence-corrected chi connectivity index (χ3v) is 4.62. The van der Waals surface area contributed by atoms with Crippen LogP contribution in [0.3, 0.4) is 0 Å². The average Bonchev–Trinajstić information content (AvgIpc) is 2.71. The number of piperidine rings is 1. The summed E-state index contributed by atoms with van der Waals surface area (Å²) in [5.74, 6) is 0. The Kier molecular flexibility index (Phi) is 3.12. The number of rotatable bonds is 3. The molecule has 2 rings (SSSR count). The Morgan fingerprint density at radius 1 is 1.53 bits per heavy atom. The van der Waals surface area contributed by atoms with Gasteiger partial charge in [-0.25, -0.2) is 8.42 Å². The van der Waals surface area contributed by atoms with Gasteiger partial charge in [-0.3, -0.25) is 4.72 Å². The van der Waals surface area contributed by atoms with Crippen molar-refractivity contribution in [1.29, 1.82) is 0 Å². The van der Waals surface area contributed by atoms with Crippen LogP contribution < -0.4 is 10.0 Å². The number of sulfonamides is 1. The molecule has 84 valence electrons. The van der Waals surface area contributed by atoms with Crippen LogP contribution in [0, 0.1) is 0 Å². The average molecular weight is 249 g/mol. The fraction of sp³-hybridized carbons (Fsp3) is 0.833. The number of hydrogen-bond donors (Lipinski definition) is 2. The Hall–Kier alpha value is -0.800. The molecular weight excluding hydrogens is 238 g/mol. The molecule has 1 aliphatic rings. The van der Waals surface area contributed by atoms with Gasteiger partial charge in [0.15, 0.2) is 0 Å². The van der Waals surface area contributed by atoms with Crippen LogP contribution in [0.1, 0.15) is 12.8 Å². The molecule has 15 heavy (non-hydrogen) atoms. The standard InChI is InChI=1S/C6H11N5O2S2/c12-15(13,5-2-1-3-7-4-5)9-6-8-10-11-14-6/h5,7H,1-4H2,(H,8,9,11). The van der Waals surface area contributed by atoms with Gasteiger partial charge in [0.2, 0.25) is 15.2 Å². The van der Waals surface area contributed by atoms with E-state index in [0.717, 1.165) is 24.5 Å². The minimum absolute atomic E-state index is 0.223. The van der Waals surface area contributed by atoms with Crippen LogP contribution in [0.2, 0.25) is 0 Å². The smallest absolute Gasteiger partial charge is 0.238 e. The fourth-order valence-electron chi connectivity index (χ4n) is 1.46. The van der Waals surface area contributed by atoms with Crippen molar-refractivity contribution in [2.24, 2.45) is 0 Å². The maximum absolute atomic E-state index is 11.8. The molecule has 2 N–H and O–H groups in total. The zero-order valence-electron chi connectivity index (χ0n) is 7.88. The molecule has 1 aromatic rings. The number of aromatic nitrogens is 3. The highest BCUT2D eigenvalue weighted by Crippen LogP contribution is 2.15. The molecule has 0 saturated carbocycles. The van der Waals surface area contributed by atoms with Gasteiger partial charge in [0.05, 0.1) is 5.25 Å². The molecule has 9 heteroatoms. The molecule has 0 aromatic carbocycles. The maximum Gasteiger partial charge on any atom is 0.238 e. The maximum atomic E-state index is 11.8. The van der Waals surface area contributed by atoms with E-state index in [2.05, 4.69) is 24.8 Å². The lowest BCUT2D eigenvalue weighted by Gasteiger charge is -2.22. The molecule has 1 fully saturated rings. The molecule has 0 amide bonds. The molecule has 1 unspecified atom stereocenters. The van der Waals surface area contributed by atoms with Crippen molar-refractivity contribution < 1.29 is 8.42 Å². The van der Waals surface area contributed by atoms with Crippen LogP contribution in [-0.2, 0) is 10.0 Å². The second-order valence-electron chi connectivity index (χ2n) is 3.28. The third-order valence-electron chi connectivity index (χ3n) is 2.22. The molecule has 0 spiro atoms. The quantitative estimate of drug-likeness (QED) is 0.744. The Morgan fingerprint density at radius 3 is 3.00 bits per heavy atom. The predicted octanol–water partition coefficient (Wildman–Crippen LogP) is -0.573. The summed E-state index contributed by atoms with van der Waals surface area (Å²) in [5, 5.41) is 9.75. The van der Waals surface area contributed by atoms with Crippen molar-refractivity contribution in [2.75, 3.05) is 17.8 Å². The molecule has 2 heterocycles. The Bertz CT molecular complexity index is 397. The van der Waals surface area contributed by atoms with Gasteiger partial charge >= 0.3 is 0 Å². The van der Waals surface area contributed by atoms with Crippen molar-refractivity contribution >= 4 is 26.7 Å². The lowest BCUT2D eigenvalue weighted by molar-refractivity contribution is 0.499. The Morgan fingerprint density at radius 2 is 2.40 bits per heavy atom. The van der Waals surface area contributed by atoms with Crippen molar-refractivity contribution in [2.45, 2.75) is 18.1 Å². The highest BCUT2D eigenvalue weighted by molar-refractivity contribution is 7.93. The van der Waals surface area contributed by atoms with Crippen LogP contribution in [0.25, 0.3) is 0 Å². The van der Waals surface area contributed by atoms with E-state index in [0.29, 0.717) is 13.0 Å². The van der Waals surface area contributed by atoms with Gasteiger partial charge in [-0.2, -0.15) is 0 Å². The summed E-state index contributed by atoms with van der Waals surface area (Å²) in [7, 11) is -3.35. The van der Waals surface area contributed by atoms with Gasteiger partial charge in [0.1, 0.15) is 0 Å². The molecule has 0 radical (unpaired) electrons. The predicted molar refractivity (Wildman–Crippen MR) is 56.1 cm³/mol. The van der Waals surface area contributed by atoms with Crippen molar-refractivity contribution in [3.05, 3.63) is 0 Å². The van der Waals surface area contributed by atoms with E-state index in [4.69, 9.17) is 0 Å². The first kappa shape index (κ1) is 10.7. The lowest BCUT2D eigenvalue weighted by atomic mass is 10.2. The number of anilines is 1. The number of nitrogens with one attached hydrogen (secondary N) is 2. The van der Waals surface area contributed by atoms with E-state index < -0.39 is 15.3 Å². The van der Waals surface area contributed by atoms with E-state index >= 15 is 0 Å². The highest BCUT2D eigenvalue weighted by Gasteiger charge is 2.27. The van der Waals surface area contributed by atoms with Crippen LogP contribution in [0.5, 0.6) is 0 Å². The Labute approximate surface area is 91.5 Å². The summed E-state index contributed by atoms with van der Waals surface area (Å²) in [6, 6.07) is 0. The van der Waals surface area contributed by atoms with E-state index in [1.54, 1.807) is 0 Å².